The molecule has 1 fully saturated rings. The summed E-state index contributed by atoms with van der Waals surface area (Å²) in [5.74, 6) is 6.08. The lowest BCUT2D eigenvalue weighted by molar-refractivity contribution is 0.576. The minimum absolute atomic E-state index is 0.103. The van der Waals surface area contributed by atoms with Crippen molar-refractivity contribution in [2.75, 3.05) is 6.54 Å². The molecule has 3 N–H and O–H groups in total. The van der Waals surface area contributed by atoms with E-state index in [1.54, 1.807) is 24.3 Å². The summed E-state index contributed by atoms with van der Waals surface area (Å²) in [6, 6.07) is 6.65. The Morgan fingerprint density at radius 3 is 2.58 bits per heavy atom. The maximum atomic E-state index is 12.1. The van der Waals surface area contributed by atoms with Gasteiger partial charge in [-0.15, -0.1) is 0 Å². The van der Waals surface area contributed by atoms with Gasteiger partial charge in [0.2, 0.25) is 10.0 Å². The molecule has 0 amide bonds. The summed E-state index contributed by atoms with van der Waals surface area (Å²) >= 11 is 0. The number of benzene rings is 1. The Kier molecular flexibility index (Phi) is 4.25. The third kappa shape index (κ3) is 3.57. The average molecular weight is 278 g/mol. The van der Waals surface area contributed by atoms with Crippen molar-refractivity contribution in [1.82, 2.24) is 4.72 Å². The molecule has 2 rings (SSSR count). The summed E-state index contributed by atoms with van der Waals surface area (Å²) in [6.45, 7) is 2.37. The Bertz CT molecular complexity index is 597. The van der Waals surface area contributed by atoms with Gasteiger partial charge in [-0.1, -0.05) is 25.2 Å². The largest absolute Gasteiger partial charge is 0.320 e. The van der Waals surface area contributed by atoms with Crippen LogP contribution in [0.15, 0.2) is 29.2 Å². The van der Waals surface area contributed by atoms with E-state index >= 15 is 0 Å². The zero-order valence-electron chi connectivity index (χ0n) is 10.9. The van der Waals surface area contributed by atoms with E-state index in [1.165, 1.54) is 0 Å². The van der Waals surface area contributed by atoms with E-state index < -0.39 is 10.0 Å². The van der Waals surface area contributed by atoms with Crippen LogP contribution in [0.5, 0.6) is 0 Å². The molecule has 2 unspecified atom stereocenters. The van der Waals surface area contributed by atoms with Crippen molar-refractivity contribution < 1.29 is 8.42 Å². The molecule has 0 spiro atoms. The zero-order valence-corrected chi connectivity index (χ0v) is 11.7. The third-order valence-corrected chi connectivity index (χ3v) is 4.76. The zero-order chi connectivity index (χ0) is 13.9. The van der Waals surface area contributed by atoms with Gasteiger partial charge in [0, 0.05) is 11.6 Å². The van der Waals surface area contributed by atoms with Crippen molar-refractivity contribution in [1.29, 1.82) is 0 Å². The molecular formula is C14H18N2O2S. The highest BCUT2D eigenvalue weighted by Crippen LogP contribution is 2.34. The second-order valence-electron chi connectivity index (χ2n) is 4.66. The molecule has 1 aliphatic rings. The normalized spacial score (nSPS) is 21.6. The second-order valence-corrected chi connectivity index (χ2v) is 6.38. The fourth-order valence-corrected chi connectivity index (χ4v) is 3.30. The maximum Gasteiger partial charge on any atom is 0.240 e. The molecule has 0 radical (unpaired) electrons. The lowest BCUT2D eigenvalue weighted by Crippen LogP contribution is -2.27. The van der Waals surface area contributed by atoms with Crippen LogP contribution in [0.25, 0.3) is 0 Å². The number of nitrogens with one attached hydrogen (secondary N) is 1. The molecule has 1 saturated carbocycles. The van der Waals surface area contributed by atoms with Crippen molar-refractivity contribution in [3.8, 4) is 11.8 Å². The van der Waals surface area contributed by atoms with Crippen LogP contribution < -0.4 is 10.5 Å². The van der Waals surface area contributed by atoms with Gasteiger partial charge in [0.05, 0.1) is 11.4 Å². The van der Waals surface area contributed by atoms with Gasteiger partial charge in [-0.25, -0.2) is 13.1 Å². The second kappa shape index (κ2) is 5.74. The van der Waals surface area contributed by atoms with Crippen LogP contribution in [-0.4, -0.2) is 21.0 Å². The Morgan fingerprint density at radius 2 is 2.05 bits per heavy atom. The first-order valence-corrected chi connectivity index (χ1v) is 7.86. The fraction of sp³-hybridized carbons (Fsp3) is 0.429. The smallest absolute Gasteiger partial charge is 0.240 e. The van der Waals surface area contributed by atoms with Crippen LogP contribution in [-0.2, 0) is 10.0 Å². The van der Waals surface area contributed by atoms with Gasteiger partial charge >= 0.3 is 0 Å². The van der Waals surface area contributed by atoms with E-state index in [0.717, 1.165) is 18.4 Å². The van der Waals surface area contributed by atoms with E-state index in [2.05, 4.69) is 23.5 Å². The van der Waals surface area contributed by atoms with Crippen LogP contribution >= 0.6 is 0 Å². The van der Waals surface area contributed by atoms with Crippen molar-refractivity contribution >= 4 is 10.0 Å². The quantitative estimate of drug-likeness (QED) is 0.809. The van der Waals surface area contributed by atoms with Gasteiger partial charge in [-0.2, -0.15) is 0 Å². The first kappa shape index (κ1) is 14.1. The minimum Gasteiger partial charge on any atom is -0.320 e. The standard InChI is InChI=1S/C14H18N2O2S/c1-2-12-10-14(12)16-19(17,18)13-7-5-11(6-8-13)4-3-9-15/h5-8,12,14,16H,2,9-10,15H2,1H3. The Balaban J connectivity index is 2.08. The van der Waals surface area contributed by atoms with Crippen molar-refractivity contribution in [3.05, 3.63) is 29.8 Å². The molecule has 2 atom stereocenters. The van der Waals surface area contributed by atoms with E-state index in [9.17, 15) is 8.42 Å². The van der Waals surface area contributed by atoms with E-state index in [0.29, 0.717) is 12.5 Å². The Morgan fingerprint density at radius 1 is 1.37 bits per heavy atom. The van der Waals surface area contributed by atoms with E-state index in [1.807, 2.05) is 0 Å². The number of nitrogens with two attached hydrogens (primary N) is 1. The summed E-state index contributed by atoms with van der Waals surface area (Å²) in [5.41, 5.74) is 6.05. The topological polar surface area (TPSA) is 72.2 Å². The molecule has 1 aromatic carbocycles. The maximum absolute atomic E-state index is 12.1. The van der Waals surface area contributed by atoms with Crippen molar-refractivity contribution in [3.63, 3.8) is 0 Å². The van der Waals surface area contributed by atoms with Crippen molar-refractivity contribution in [2.45, 2.75) is 30.7 Å². The first-order valence-electron chi connectivity index (χ1n) is 6.38. The molecule has 1 aliphatic carbocycles. The summed E-state index contributed by atoms with van der Waals surface area (Å²) in [7, 11) is -3.40. The van der Waals surface area contributed by atoms with Crippen LogP contribution in [0.2, 0.25) is 0 Å². The summed E-state index contributed by atoms with van der Waals surface area (Å²) in [4.78, 5) is 0.285. The summed E-state index contributed by atoms with van der Waals surface area (Å²) < 4.78 is 26.9. The van der Waals surface area contributed by atoms with Gasteiger partial charge in [0.25, 0.3) is 0 Å². The average Bonchev–Trinajstić information content (AvgIpc) is 3.14. The van der Waals surface area contributed by atoms with Crippen LogP contribution in [0.3, 0.4) is 0 Å². The molecule has 0 aliphatic heterocycles. The lowest BCUT2D eigenvalue weighted by atomic mass is 10.2. The Labute approximate surface area is 114 Å². The molecule has 0 saturated heterocycles. The predicted molar refractivity (Wildman–Crippen MR) is 74.9 cm³/mol. The summed E-state index contributed by atoms with van der Waals surface area (Å²) in [5, 5.41) is 0. The van der Waals surface area contributed by atoms with Crippen LogP contribution in [0.4, 0.5) is 0 Å². The SMILES string of the molecule is CCC1CC1NS(=O)(=O)c1ccc(C#CCN)cc1. The monoisotopic (exact) mass is 278 g/mol. The molecule has 5 heteroatoms. The highest BCUT2D eigenvalue weighted by Gasteiger charge is 2.38. The first-order chi connectivity index (χ1) is 9.06. The lowest BCUT2D eigenvalue weighted by Gasteiger charge is -2.06. The fourth-order valence-electron chi connectivity index (χ4n) is 1.98. The molecule has 1 aromatic rings. The number of rotatable bonds is 4. The van der Waals surface area contributed by atoms with E-state index in [4.69, 9.17) is 5.73 Å². The molecular weight excluding hydrogens is 260 g/mol. The number of sulfonamides is 1. The van der Waals surface area contributed by atoms with E-state index in [-0.39, 0.29) is 10.9 Å². The highest BCUT2D eigenvalue weighted by atomic mass is 32.2. The minimum atomic E-state index is -3.40. The molecule has 0 bridgehead atoms. The molecule has 102 valence electrons. The van der Waals surface area contributed by atoms with Crippen LogP contribution in [0, 0.1) is 17.8 Å². The number of hydrogen-bond donors (Lipinski definition) is 2. The highest BCUT2D eigenvalue weighted by molar-refractivity contribution is 7.89. The van der Waals surface area contributed by atoms with Gasteiger partial charge in [0.15, 0.2) is 0 Å². The van der Waals surface area contributed by atoms with Gasteiger partial charge in [-0.05, 0) is 36.6 Å². The number of hydrogen-bond acceptors (Lipinski definition) is 3. The summed E-state index contributed by atoms with van der Waals surface area (Å²) in [6.07, 6.45) is 1.95. The van der Waals surface area contributed by atoms with Gasteiger partial charge < -0.3 is 5.73 Å². The Hall–Kier alpha value is -1.35. The predicted octanol–water partition coefficient (Wildman–Crippen LogP) is 1.07. The third-order valence-electron chi connectivity index (χ3n) is 3.25. The molecule has 0 aromatic heterocycles. The van der Waals surface area contributed by atoms with Crippen LogP contribution in [0.1, 0.15) is 25.3 Å². The molecule has 19 heavy (non-hydrogen) atoms. The van der Waals surface area contributed by atoms with Gasteiger partial charge in [0.1, 0.15) is 0 Å². The molecule has 0 heterocycles. The van der Waals surface area contributed by atoms with Gasteiger partial charge in [-0.3, -0.25) is 0 Å². The van der Waals surface area contributed by atoms with Crippen molar-refractivity contribution in [2.24, 2.45) is 11.7 Å². The molecule has 4 nitrogen and oxygen atoms in total.